The standard InChI is InChI=1S/C19H20N4O2/c24-19(8-7-18-21-15-5-1-2-6-16(15)22-18)23-10-11-25-17(13-23)14-4-3-9-20-12-14/h1-6,9,12,17H,7-8,10-11,13H2,(H,21,22)/t17-/m0/s1. The Morgan fingerprint density at radius 1 is 1.28 bits per heavy atom. The molecule has 1 amide bonds. The smallest absolute Gasteiger partial charge is 0.223 e. The number of benzene rings is 1. The molecule has 25 heavy (non-hydrogen) atoms. The van der Waals surface area contributed by atoms with E-state index in [4.69, 9.17) is 4.74 Å². The number of carbonyl (C=O) groups is 1. The van der Waals surface area contributed by atoms with E-state index in [2.05, 4.69) is 15.0 Å². The molecule has 4 rings (SSSR count). The molecule has 0 radical (unpaired) electrons. The number of aromatic amines is 1. The highest BCUT2D eigenvalue weighted by atomic mass is 16.5. The Balaban J connectivity index is 1.37. The van der Waals surface area contributed by atoms with Gasteiger partial charge in [0.15, 0.2) is 0 Å². The van der Waals surface area contributed by atoms with E-state index >= 15 is 0 Å². The number of para-hydroxylation sites is 2. The van der Waals surface area contributed by atoms with Crippen molar-refractivity contribution in [1.82, 2.24) is 19.9 Å². The van der Waals surface area contributed by atoms with E-state index in [1.54, 1.807) is 12.4 Å². The number of amides is 1. The van der Waals surface area contributed by atoms with Gasteiger partial charge in [0.2, 0.25) is 5.91 Å². The van der Waals surface area contributed by atoms with Crippen molar-refractivity contribution in [3.8, 4) is 0 Å². The number of nitrogens with zero attached hydrogens (tertiary/aromatic N) is 3. The number of aromatic nitrogens is 3. The molecule has 0 aliphatic carbocycles. The summed E-state index contributed by atoms with van der Waals surface area (Å²) in [5, 5.41) is 0. The van der Waals surface area contributed by atoms with Crippen molar-refractivity contribution in [2.75, 3.05) is 19.7 Å². The third-order valence-electron chi connectivity index (χ3n) is 4.49. The van der Waals surface area contributed by atoms with Crippen molar-refractivity contribution in [1.29, 1.82) is 0 Å². The Bertz CT molecular complexity index is 829. The second kappa shape index (κ2) is 7.03. The molecular formula is C19H20N4O2. The number of imidazole rings is 1. The van der Waals surface area contributed by atoms with Crippen molar-refractivity contribution in [3.05, 3.63) is 60.2 Å². The monoisotopic (exact) mass is 336 g/mol. The molecule has 1 aliphatic rings. The number of ether oxygens (including phenoxy) is 1. The van der Waals surface area contributed by atoms with E-state index in [0.717, 1.165) is 22.4 Å². The average Bonchev–Trinajstić information content (AvgIpc) is 3.10. The number of nitrogens with one attached hydrogen (secondary N) is 1. The normalized spacial score (nSPS) is 17.8. The lowest BCUT2D eigenvalue weighted by Crippen LogP contribution is -2.42. The molecule has 6 heteroatoms. The maximum atomic E-state index is 12.6. The van der Waals surface area contributed by atoms with Gasteiger partial charge in [-0.1, -0.05) is 18.2 Å². The van der Waals surface area contributed by atoms with Gasteiger partial charge >= 0.3 is 0 Å². The summed E-state index contributed by atoms with van der Waals surface area (Å²) >= 11 is 0. The predicted molar refractivity (Wildman–Crippen MR) is 93.9 cm³/mol. The molecule has 3 aromatic rings. The highest BCUT2D eigenvalue weighted by Gasteiger charge is 2.25. The molecule has 2 aromatic heterocycles. The fraction of sp³-hybridized carbons (Fsp3) is 0.316. The lowest BCUT2D eigenvalue weighted by Gasteiger charge is -2.33. The van der Waals surface area contributed by atoms with E-state index in [9.17, 15) is 4.79 Å². The van der Waals surface area contributed by atoms with E-state index in [1.165, 1.54) is 0 Å². The fourth-order valence-electron chi connectivity index (χ4n) is 3.15. The van der Waals surface area contributed by atoms with Gasteiger partial charge in [0.05, 0.1) is 24.2 Å². The summed E-state index contributed by atoms with van der Waals surface area (Å²) in [6.45, 7) is 1.76. The molecule has 1 aliphatic heterocycles. The van der Waals surface area contributed by atoms with Crippen LogP contribution in [0.2, 0.25) is 0 Å². The van der Waals surface area contributed by atoms with Gasteiger partial charge in [0.25, 0.3) is 0 Å². The third-order valence-corrected chi connectivity index (χ3v) is 4.49. The number of H-pyrrole nitrogens is 1. The lowest BCUT2D eigenvalue weighted by molar-refractivity contribution is -0.139. The number of morpholine rings is 1. The summed E-state index contributed by atoms with van der Waals surface area (Å²) in [7, 11) is 0. The van der Waals surface area contributed by atoms with Crippen LogP contribution in [0.15, 0.2) is 48.8 Å². The van der Waals surface area contributed by atoms with Crippen LogP contribution in [0, 0.1) is 0 Å². The molecule has 3 heterocycles. The van der Waals surface area contributed by atoms with Crippen LogP contribution in [-0.2, 0) is 16.0 Å². The summed E-state index contributed by atoms with van der Waals surface area (Å²) in [6, 6.07) is 11.8. The van der Waals surface area contributed by atoms with Crippen molar-refractivity contribution in [2.24, 2.45) is 0 Å². The van der Waals surface area contributed by atoms with Gasteiger partial charge in [-0.2, -0.15) is 0 Å². The van der Waals surface area contributed by atoms with Crippen LogP contribution in [0.3, 0.4) is 0 Å². The predicted octanol–water partition coefficient (Wildman–Crippen LogP) is 2.49. The molecule has 0 bridgehead atoms. The molecule has 0 spiro atoms. The zero-order valence-corrected chi connectivity index (χ0v) is 13.9. The highest BCUT2D eigenvalue weighted by Crippen LogP contribution is 2.22. The molecule has 128 valence electrons. The van der Waals surface area contributed by atoms with Crippen LogP contribution in [-0.4, -0.2) is 45.5 Å². The van der Waals surface area contributed by atoms with Crippen LogP contribution in [0.1, 0.15) is 23.9 Å². The average molecular weight is 336 g/mol. The van der Waals surface area contributed by atoms with Crippen LogP contribution in [0.4, 0.5) is 0 Å². The number of pyridine rings is 1. The van der Waals surface area contributed by atoms with E-state index in [1.807, 2.05) is 41.3 Å². The van der Waals surface area contributed by atoms with Crippen molar-refractivity contribution >= 4 is 16.9 Å². The van der Waals surface area contributed by atoms with Gasteiger partial charge in [-0.25, -0.2) is 4.98 Å². The zero-order chi connectivity index (χ0) is 17.1. The summed E-state index contributed by atoms with van der Waals surface area (Å²) in [5.41, 5.74) is 2.96. The van der Waals surface area contributed by atoms with Crippen LogP contribution in [0.25, 0.3) is 11.0 Å². The van der Waals surface area contributed by atoms with Crippen molar-refractivity contribution < 1.29 is 9.53 Å². The molecule has 6 nitrogen and oxygen atoms in total. The first-order chi connectivity index (χ1) is 12.3. The number of aryl methyl sites for hydroxylation is 1. The SMILES string of the molecule is O=C(CCc1nc2ccccc2[nH]1)N1CCO[C@H](c2cccnc2)C1. The Hall–Kier alpha value is -2.73. The summed E-state index contributed by atoms with van der Waals surface area (Å²) < 4.78 is 5.79. The largest absolute Gasteiger partial charge is 0.370 e. The summed E-state index contributed by atoms with van der Waals surface area (Å²) in [4.78, 5) is 26.4. The lowest BCUT2D eigenvalue weighted by atomic mass is 10.1. The van der Waals surface area contributed by atoms with Gasteiger partial charge in [-0.3, -0.25) is 9.78 Å². The minimum Gasteiger partial charge on any atom is -0.370 e. The van der Waals surface area contributed by atoms with Crippen LogP contribution >= 0.6 is 0 Å². The maximum absolute atomic E-state index is 12.6. The molecule has 0 unspecified atom stereocenters. The first kappa shape index (κ1) is 15.8. The Labute approximate surface area is 145 Å². The number of carbonyl (C=O) groups excluding carboxylic acids is 1. The Morgan fingerprint density at radius 3 is 3.04 bits per heavy atom. The molecule has 1 saturated heterocycles. The Kier molecular flexibility index (Phi) is 4.43. The van der Waals surface area contributed by atoms with E-state index in [-0.39, 0.29) is 12.0 Å². The van der Waals surface area contributed by atoms with Gasteiger partial charge in [-0.05, 0) is 18.2 Å². The van der Waals surface area contributed by atoms with Crippen molar-refractivity contribution in [3.63, 3.8) is 0 Å². The van der Waals surface area contributed by atoms with Gasteiger partial charge in [0, 0.05) is 37.3 Å². The zero-order valence-electron chi connectivity index (χ0n) is 13.9. The van der Waals surface area contributed by atoms with Gasteiger partial charge < -0.3 is 14.6 Å². The number of rotatable bonds is 4. The van der Waals surface area contributed by atoms with Crippen molar-refractivity contribution in [2.45, 2.75) is 18.9 Å². The third kappa shape index (κ3) is 3.53. The minimum atomic E-state index is -0.0994. The quantitative estimate of drug-likeness (QED) is 0.794. The minimum absolute atomic E-state index is 0.0994. The second-order valence-corrected chi connectivity index (χ2v) is 6.19. The van der Waals surface area contributed by atoms with Crippen LogP contribution < -0.4 is 0 Å². The number of fused-ring (bicyclic) bond motifs is 1. The molecule has 0 saturated carbocycles. The summed E-state index contributed by atoms with van der Waals surface area (Å²) in [5.74, 6) is 0.990. The molecule has 1 fully saturated rings. The number of hydrogen-bond donors (Lipinski definition) is 1. The van der Waals surface area contributed by atoms with E-state index in [0.29, 0.717) is 32.5 Å². The molecular weight excluding hydrogens is 316 g/mol. The fourth-order valence-corrected chi connectivity index (χ4v) is 3.15. The van der Waals surface area contributed by atoms with Gasteiger partial charge in [-0.15, -0.1) is 0 Å². The second-order valence-electron chi connectivity index (χ2n) is 6.19. The molecule has 1 atom stereocenters. The molecule has 1 N–H and O–H groups in total. The highest BCUT2D eigenvalue weighted by molar-refractivity contribution is 5.77. The topological polar surface area (TPSA) is 71.1 Å². The Morgan fingerprint density at radius 2 is 2.20 bits per heavy atom. The van der Waals surface area contributed by atoms with E-state index < -0.39 is 0 Å². The number of hydrogen-bond acceptors (Lipinski definition) is 4. The maximum Gasteiger partial charge on any atom is 0.223 e. The van der Waals surface area contributed by atoms with Gasteiger partial charge in [0.1, 0.15) is 11.9 Å². The molecule has 1 aromatic carbocycles. The first-order valence-corrected chi connectivity index (χ1v) is 8.52. The first-order valence-electron chi connectivity index (χ1n) is 8.52. The summed E-state index contributed by atoms with van der Waals surface area (Å²) in [6.07, 6.45) is 4.50. The van der Waals surface area contributed by atoms with Crippen LogP contribution in [0.5, 0.6) is 0 Å².